The maximum Gasteiger partial charge on any atom is 0.261 e. The van der Waals surface area contributed by atoms with Gasteiger partial charge in [0, 0.05) is 60.7 Å². The van der Waals surface area contributed by atoms with E-state index in [1.54, 1.807) is 31.6 Å². The zero-order valence-electron chi connectivity index (χ0n) is 30.9. The molecule has 11 heteroatoms. The van der Waals surface area contributed by atoms with Crippen molar-refractivity contribution >= 4 is 17.4 Å². The maximum atomic E-state index is 13.9. The van der Waals surface area contributed by atoms with E-state index in [1.165, 1.54) is 0 Å². The fraction of sp³-hybridized carbons (Fsp3) is 0.326. The highest BCUT2D eigenvalue weighted by molar-refractivity contribution is 6.04. The van der Waals surface area contributed by atoms with Crippen molar-refractivity contribution < 1.29 is 28.5 Å². The average molecular weight is 731 g/mol. The van der Waals surface area contributed by atoms with Gasteiger partial charge in [-0.05, 0) is 72.2 Å². The number of carbonyl (C=O) groups is 1. The SMILES string of the molecule is COc1cc(-c2cnc(N)c(-c3ccc(NC(=O)c4cn(CC5(C)CCOCC5)cc(-c5ccc(C)cc5)c4=O)cc3)c2)ccc1OC[C@H]1COCCO1. The quantitative estimate of drug-likeness (QED) is 0.147. The highest BCUT2D eigenvalue weighted by Gasteiger charge is 2.28. The van der Waals surface area contributed by atoms with Crippen LogP contribution in [0, 0.1) is 12.3 Å². The number of rotatable bonds is 11. The second-order valence-corrected chi connectivity index (χ2v) is 14.3. The summed E-state index contributed by atoms with van der Waals surface area (Å²) >= 11 is 0. The molecule has 54 heavy (non-hydrogen) atoms. The molecule has 0 saturated carbocycles. The van der Waals surface area contributed by atoms with Crippen LogP contribution in [0.3, 0.4) is 0 Å². The molecule has 3 aromatic carbocycles. The van der Waals surface area contributed by atoms with Gasteiger partial charge >= 0.3 is 0 Å². The van der Waals surface area contributed by atoms with E-state index in [9.17, 15) is 9.59 Å². The van der Waals surface area contributed by atoms with Crippen molar-refractivity contribution in [2.24, 2.45) is 5.41 Å². The van der Waals surface area contributed by atoms with Gasteiger partial charge in [-0.15, -0.1) is 0 Å². The molecular weight excluding hydrogens is 684 g/mol. The normalized spacial score (nSPS) is 16.8. The summed E-state index contributed by atoms with van der Waals surface area (Å²) in [5, 5.41) is 2.95. The van der Waals surface area contributed by atoms with E-state index < -0.39 is 5.91 Å². The van der Waals surface area contributed by atoms with Gasteiger partial charge in [0.05, 0.1) is 26.9 Å². The summed E-state index contributed by atoms with van der Waals surface area (Å²) in [7, 11) is 1.60. The van der Waals surface area contributed by atoms with Gasteiger partial charge < -0.3 is 39.3 Å². The summed E-state index contributed by atoms with van der Waals surface area (Å²) in [5.74, 6) is 1.07. The van der Waals surface area contributed by atoms with Crippen molar-refractivity contribution in [3.8, 4) is 44.9 Å². The minimum Gasteiger partial charge on any atom is -0.493 e. The predicted octanol–water partition coefficient (Wildman–Crippen LogP) is 7.01. The van der Waals surface area contributed by atoms with E-state index in [-0.39, 0.29) is 22.5 Å². The molecule has 2 aliphatic heterocycles. The predicted molar refractivity (Wildman–Crippen MR) is 209 cm³/mol. The third kappa shape index (κ3) is 8.49. The van der Waals surface area contributed by atoms with E-state index in [0.29, 0.717) is 74.8 Å². The Balaban J connectivity index is 1.10. The number of nitrogens with one attached hydrogen (secondary N) is 1. The Morgan fingerprint density at radius 3 is 2.33 bits per heavy atom. The Morgan fingerprint density at radius 2 is 1.61 bits per heavy atom. The van der Waals surface area contributed by atoms with Crippen LogP contribution in [0.25, 0.3) is 33.4 Å². The first kappa shape index (κ1) is 36.9. The Hall–Kier alpha value is -5.49. The second-order valence-electron chi connectivity index (χ2n) is 14.3. The molecule has 2 fully saturated rings. The van der Waals surface area contributed by atoms with E-state index in [1.807, 2.05) is 78.4 Å². The molecule has 11 nitrogen and oxygen atoms in total. The number of carbonyl (C=O) groups excluding carboxylic acids is 1. The van der Waals surface area contributed by atoms with Crippen molar-refractivity contribution in [2.45, 2.75) is 39.3 Å². The van der Waals surface area contributed by atoms with Gasteiger partial charge in [-0.1, -0.05) is 55.0 Å². The molecule has 7 rings (SSSR count). The monoisotopic (exact) mass is 730 g/mol. The number of aromatic nitrogens is 2. The fourth-order valence-corrected chi connectivity index (χ4v) is 6.86. The summed E-state index contributed by atoms with van der Waals surface area (Å²) in [5.41, 5.74) is 12.3. The van der Waals surface area contributed by atoms with Crippen molar-refractivity contribution in [3.63, 3.8) is 0 Å². The number of hydrogen-bond acceptors (Lipinski definition) is 9. The van der Waals surface area contributed by atoms with Gasteiger partial charge in [-0.25, -0.2) is 4.98 Å². The van der Waals surface area contributed by atoms with Crippen molar-refractivity contribution in [1.82, 2.24) is 9.55 Å². The lowest BCUT2D eigenvalue weighted by atomic mass is 9.82. The Labute approximate surface area is 315 Å². The Morgan fingerprint density at radius 1 is 0.889 bits per heavy atom. The summed E-state index contributed by atoms with van der Waals surface area (Å²) in [6.45, 7) is 8.28. The van der Waals surface area contributed by atoms with Gasteiger partial charge in [-0.2, -0.15) is 0 Å². The maximum absolute atomic E-state index is 13.9. The molecular formula is C43H46N4O7. The van der Waals surface area contributed by atoms with E-state index in [0.717, 1.165) is 46.2 Å². The Bertz CT molecular complexity index is 2150. The zero-order chi connectivity index (χ0) is 37.7. The number of pyridine rings is 2. The van der Waals surface area contributed by atoms with E-state index >= 15 is 0 Å². The average Bonchev–Trinajstić information content (AvgIpc) is 3.19. The first-order valence-corrected chi connectivity index (χ1v) is 18.2. The Kier molecular flexibility index (Phi) is 11.1. The highest BCUT2D eigenvalue weighted by Crippen LogP contribution is 2.36. The second kappa shape index (κ2) is 16.3. The number of nitrogens with zero attached hydrogens (tertiary/aromatic N) is 2. The molecule has 1 amide bonds. The number of ether oxygens (including phenoxy) is 5. The first-order valence-electron chi connectivity index (χ1n) is 18.2. The van der Waals surface area contributed by atoms with Crippen LogP contribution in [0.5, 0.6) is 11.5 Å². The lowest BCUT2D eigenvalue weighted by molar-refractivity contribution is -0.101. The zero-order valence-corrected chi connectivity index (χ0v) is 30.9. The number of benzene rings is 3. The molecule has 2 aliphatic rings. The van der Waals surface area contributed by atoms with Crippen LogP contribution in [-0.4, -0.2) is 68.3 Å². The van der Waals surface area contributed by atoms with Crippen LogP contribution in [0.1, 0.15) is 35.7 Å². The molecule has 5 aromatic rings. The van der Waals surface area contributed by atoms with E-state index in [4.69, 9.17) is 29.4 Å². The number of methoxy groups -OCH3 is 1. The molecule has 1 atom stereocenters. The summed E-state index contributed by atoms with van der Waals surface area (Å²) in [6, 6.07) is 22.8. The van der Waals surface area contributed by atoms with Gasteiger partial charge in [0.25, 0.3) is 5.91 Å². The number of aryl methyl sites for hydroxylation is 1. The third-order valence-electron chi connectivity index (χ3n) is 10.1. The van der Waals surface area contributed by atoms with Gasteiger partial charge in [-0.3, -0.25) is 9.59 Å². The molecule has 2 saturated heterocycles. The molecule has 0 unspecified atom stereocenters. The fourth-order valence-electron chi connectivity index (χ4n) is 6.86. The lowest BCUT2D eigenvalue weighted by Crippen LogP contribution is -2.33. The van der Waals surface area contributed by atoms with Crippen LogP contribution in [-0.2, 0) is 20.8 Å². The molecule has 280 valence electrons. The third-order valence-corrected chi connectivity index (χ3v) is 10.1. The number of nitrogens with two attached hydrogens (primary N) is 1. The van der Waals surface area contributed by atoms with Crippen LogP contribution >= 0.6 is 0 Å². The topological polar surface area (TPSA) is 136 Å². The van der Waals surface area contributed by atoms with E-state index in [2.05, 4.69) is 17.2 Å². The summed E-state index contributed by atoms with van der Waals surface area (Å²) in [4.78, 5) is 32.1. The van der Waals surface area contributed by atoms with Gasteiger partial charge in [0.1, 0.15) is 24.1 Å². The van der Waals surface area contributed by atoms with Crippen molar-refractivity contribution in [2.75, 3.05) is 57.8 Å². The first-order chi connectivity index (χ1) is 26.2. The molecule has 0 spiro atoms. The summed E-state index contributed by atoms with van der Waals surface area (Å²) < 4.78 is 30.4. The minimum atomic E-state index is -0.475. The molecule has 0 bridgehead atoms. The standard InChI is InChI=1S/C43H46N4O7/c1-28-4-6-30(7-5-28)36-23-47(27-43(2)14-16-51-17-15-43)24-37(40(36)48)42(49)46-33-11-8-29(9-12-33)35-20-32(22-45-41(35)44)31-10-13-38(39(21-31)50-3)54-26-34-25-52-18-19-53-34/h4-13,20-24,34H,14-19,25-27H2,1-3H3,(H2,44,45)(H,46,49)/t34-/m1/s1. The lowest BCUT2D eigenvalue weighted by Gasteiger charge is -2.34. The smallest absolute Gasteiger partial charge is 0.261 e. The summed E-state index contributed by atoms with van der Waals surface area (Å²) in [6.07, 6.45) is 6.93. The molecule has 2 aromatic heterocycles. The van der Waals surface area contributed by atoms with Crippen LogP contribution in [0.15, 0.2) is 96.2 Å². The molecule has 0 aliphatic carbocycles. The van der Waals surface area contributed by atoms with Crippen LogP contribution in [0.4, 0.5) is 11.5 Å². The number of amides is 1. The minimum absolute atomic E-state index is 0.0143. The molecule has 4 heterocycles. The van der Waals surface area contributed by atoms with Gasteiger partial charge in [0.2, 0.25) is 5.43 Å². The van der Waals surface area contributed by atoms with Crippen molar-refractivity contribution in [1.29, 1.82) is 0 Å². The molecule has 3 N–H and O–H groups in total. The van der Waals surface area contributed by atoms with Gasteiger partial charge in [0.15, 0.2) is 11.5 Å². The highest BCUT2D eigenvalue weighted by atomic mass is 16.6. The largest absolute Gasteiger partial charge is 0.493 e. The number of anilines is 2. The van der Waals surface area contributed by atoms with Crippen LogP contribution < -0.4 is 26.0 Å². The number of nitrogen functional groups attached to an aromatic ring is 1. The van der Waals surface area contributed by atoms with Crippen LogP contribution in [0.2, 0.25) is 0 Å². The molecule has 0 radical (unpaired) electrons. The number of hydrogen-bond donors (Lipinski definition) is 2. The van der Waals surface area contributed by atoms with Crippen molar-refractivity contribution in [3.05, 3.63) is 113 Å².